The minimum atomic E-state index is -0.798. The average Bonchev–Trinajstić information content (AvgIpc) is 2.31. The summed E-state index contributed by atoms with van der Waals surface area (Å²) in [6, 6.07) is 1.69. The number of piperazine rings is 1. The molecule has 3 nitrogen and oxygen atoms in total. The second kappa shape index (κ2) is 5.06. The van der Waals surface area contributed by atoms with Crippen molar-refractivity contribution >= 4 is 17.5 Å². The average molecular weight is 289 g/mol. The number of rotatable bonds is 1. The van der Waals surface area contributed by atoms with Crippen LogP contribution in [0.3, 0.4) is 0 Å². The highest BCUT2D eigenvalue weighted by Gasteiger charge is 2.30. The van der Waals surface area contributed by atoms with E-state index in [9.17, 15) is 13.6 Å². The normalized spacial score (nSPS) is 18.5. The van der Waals surface area contributed by atoms with Gasteiger partial charge in [-0.25, -0.2) is 8.78 Å². The highest BCUT2D eigenvalue weighted by atomic mass is 35.5. The van der Waals surface area contributed by atoms with Crippen molar-refractivity contribution in [3.05, 3.63) is 34.4 Å². The van der Waals surface area contributed by atoms with Crippen LogP contribution >= 0.6 is 11.6 Å². The molecule has 1 aromatic rings. The van der Waals surface area contributed by atoms with Crippen LogP contribution in [0.1, 0.15) is 24.2 Å². The van der Waals surface area contributed by atoms with E-state index in [0.29, 0.717) is 19.6 Å². The summed E-state index contributed by atoms with van der Waals surface area (Å²) in [6.45, 7) is 5.42. The summed E-state index contributed by atoms with van der Waals surface area (Å²) in [5, 5.41) is 2.92. The molecule has 1 fully saturated rings. The SMILES string of the molecule is CC1(C)CN(C(=O)c2cc(F)c(Cl)cc2F)CCN1. The standard InChI is InChI=1S/C13H15ClF2N2O/c1-13(2)7-18(4-3-17-13)12(19)8-5-11(16)9(14)6-10(8)15/h5-6,17H,3-4,7H2,1-2H3. The van der Waals surface area contributed by atoms with E-state index in [-0.39, 0.29) is 16.1 Å². The molecule has 0 radical (unpaired) electrons. The molecular formula is C13H15ClF2N2O. The lowest BCUT2D eigenvalue weighted by atomic mass is 10.0. The molecule has 1 heterocycles. The fraction of sp³-hybridized carbons (Fsp3) is 0.462. The Morgan fingerprint density at radius 3 is 2.68 bits per heavy atom. The van der Waals surface area contributed by atoms with Gasteiger partial charge in [-0.3, -0.25) is 4.79 Å². The van der Waals surface area contributed by atoms with Gasteiger partial charge in [0.05, 0.1) is 10.6 Å². The molecule has 0 aromatic heterocycles. The van der Waals surface area contributed by atoms with Crippen LogP contribution in [-0.4, -0.2) is 36.0 Å². The molecule has 0 aliphatic carbocycles. The monoisotopic (exact) mass is 288 g/mol. The van der Waals surface area contributed by atoms with Gasteiger partial charge >= 0.3 is 0 Å². The molecule has 19 heavy (non-hydrogen) atoms. The van der Waals surface area contributed by atoms with E-state index in [1.54, 1.807) is 0 Å². The second-order valence-corrected chi connectivity index (χ2v) is 5.69. The molecule has 1 aromatic carbocycles. The maximum atomic E-state index is 13.7. The van der Waals surface area contributed by atoms with Crippen LogP contribution in [0.4, 0.5) is 8.78 Å². The van der Waals surface area contributed by atoms with Crippen LogP contribution in [0.2, 0.25) is 5.02 Å². The molecule has 1 aliphatic rings. The molecule has 0 saturated carbocycles. The Morgan fingerprint density at radius 2 is 2.05 bits per heavy atom. The topological polar surface area (TPSA) is 32.3 Å². The molecule has 0 unspecified atom stereocenters. The van der Waals surface area contributed by atoms with Gasteiger partial charge in [0.25, 0.3) is 5.91 Å². The number of nitrogens with zero attached hydrogens (tertiary/aromatic N) is 1. The molecule has 1 amide bonds. The van der Waals surface area contributed by atoms with E-state index in [4.69, 9.17) is 11.6 Å². The minimum Gasteiger partial charge on any atom is -0.335 e. The summed E-state index contributed by atoms with van der Waals surface area (Å²) in [5.74, 6) is -2.10. The third-order valence-electron chi connectivity index (χ3n) is 3.10. The third kappa shape index (κ3) is 3.04. The van der Waals surface area contributed by atoms with Gasteiger partial charge in [0.15, 0.2) is 0 Å². The van der Waals surface area contributed by atoms with E-state index in [0.717, 1.165) is 12.1 Å². The Labute approximate surface area is 115 Å². The van der Waals surface area contributed by atoms with Crippen molar-refractivity contribution in [2.24, 2.45) is 0 Å². The molecule has 1 N–H and O–H groups in total. The van der Waals surface area contributed by atoms with Gasteiger partial charge in [0.1, 0.15) is 11.6 Å². The number of hydrogen-bond acceptors (Lipinski definition) is 2. The van der Waals surface area contributed by atoms with E-state index < -0.39 is 17.5 Å². The van der Waals surface area contributed by atoms with Crippen molar-refractivity contribution < 1.29 is 13.6 Å². The molecular weight excluding hydrogens is 274 g/mol. The zero-order valence-electron chi connectivity index (χ0n) is 10.8. The predicted octanol–water partition coefficient (Wildman–Crippen LogP) is 2.44. The van der Waals surface area contributed by atoms with Crippen molar-refractivity contribution in [3.63, 3.8) is 0 Å². The van der Waals surface area contributed by atoms with Gasteiger partial charge < -0.3 is 10.2 Å². The second-order valence-electron chi connectivity index (χ2n) is 5.28. The lowest BCUT2D eigenvalue weighted by Crippen LogP contribution is -2.58. The van der Waals surface area contributed by atoms with E-state index in [2.05, 4.69) is 5.32 Å². The number of nitrogens with one attached hydrogen (secondary N) is 1. The summed E-state index contributed by atoms with van der Waals surface area (Å²) in [4.78, 5) is 13.7. The summed E-state index contributed by atoms with van der Waals surface area (Å²) < 4.78 is 27.1. The maximum absolute atomic E-state index is 13.7. The highest BCUT2D eigenvalue weighted by molar-refractivity contribution is 6.30. The van der Waals surface area contributed by atoms with Crippen LogP contribution in [0, 0.1) is 11.6 Å². The summed E-state index contributed by atoms with van der Waals surface area (Å²) in [6.07, 6.45) is 0. The molecule has 0 atom stereocenters. The predicted molar refractivity (Wildman–Crippen MR) is 69.4 cm³/mol. The van der Waals surface area contributed by atoms with Crippen molar-refractivity contribution in [1.29, 1.82) is 0 Å². The largest absolute Gasteiger partial charge is 0.335 e. The lowest BCUT2D eigenvalue weighted by molar-refractivity contribution is 0.0647. The van der Waals surface area contributed by atoms with Gasteiger partial charge in [-0.05, 0) is 26.0 Å². The van der Waals surface area contributed by atoms with E-state index >= 15 is 0 Å². The smallest absolute Gasteiger partial charge is 0.257 e. The number of carbonyl (C=O) groups is 1. The van der Waals surface area contributed by atoms with Gasteiger partial charge in [0, 0.05) is 25.2 Å². The van der Waals surface area contributed by atoms with Crippen LogP contribution in [-0.2, 0) is 0 Å². The van der Waals surface area contributed by atoms with Gasteiger partial charge in [0.2, 0.25) is 0 Å². The van der Waals surface area contributed by atoms with Crippen LogP contribution in [0.25, 0.3) is 0 Å². The van der Waals surface area contributed by atoms with E-state index in [1.165, 1.54) is 4.90 Å². The molecule has 1 aliphatic heterocycles. The minimum absolute atomic E-state index is 0.241. The summed E-state index contributed by atoms with van der Waals surface area (Å²) >= 11 is 5.47. The Bertz CT molecular complexity index is 520. The van der Waals surface area contributed by atoms with Gasteiger partial charge in [-0.15, -0.1) is 0 Å². The highest BCUT2D eigenvalue weighted by Crippen LogP contribution is 2.21. The first-order chi connectivity index (χ1) is 8.80. The Balaban J connectivity index is 2.27. The fourth-order valence-corrected chi connectivity index (χ4v) is 2.32. The fourth-order valence-electron chi connectivity index (χ4n) is 2.17. The van der Waals surface area contributed by atoms with Gasteiger partial charge in [-0.1, -0.05) is 11.6 Å². The molecule has 1 saturated heterocycles. The lowest BCUT2D eigenvalue weighted by Gasteiger charge is -2.39. The first kappa shape index (κ1) is 14.2. The Morgan fingerprint density at radius 1 is 1.37 bits per heavy atom. The van der Waals surface area contributed by atoms with Crippen molar-refractivity contribution in [2.45, 2.75) is 19.4 Å². The molecule has 2 rings (SSSR count). The van der Waals surface area contributed by atoms with Crippen molar-refractivity contribution in [3.8, 4) is 0 Å². The van der Waals surface area contributed by atoms with E-state index in [1.807, 2.05) is 13.8 Å². The number of amides is 1. The number of halogens is 3. The maximum Gasteiger partial charge on any atom is 0.257 e. The van der Waals surface area contributed by atoms with Crippen LogP contribution < -0.4 is 5.32 Å². The first-order valence-electron chi connectivity index (χ1n) is 5.99. The number of benzene rings is 1. The zero-order valence-corrected chi connectivity index (χ0v) is 11.5. The first-order valence-corrected chi connectivity index (χ1v) is 6.37. The van der Waals surface area contributed by atoms with Crippen molar-refractivity contribution in [2.75, 3.05) is 19.6 Å². The quantitative estimate of drug-likeness (QED) is 0.805. The third-order valence-corrected chi connectivity index (χ3v) is 3.39. The van der Waals surface area contributed by atoms with Crippen LogP contribution in [0.15, 0.2) is 12.1 Å². The summed E-state index contributed by atoms with van der Waals surface area (Å²) in [7, 11) is 0. The van der Waals surface area contributed by atoms with Crippen molar-refractivity contribution in [1.82, 2.24) is 10.2 Å². The molecule has 104 valence electrons. The molecule has 0 bridgehead atoms. The number of carbonyl (C=O) groups excluding carboxylic acids is 1. The van der Waals surface area contributed by atoms with Gasteiger partial charge in [-0.2, -0.15) is 0 Å². The Hall–Kier alpha value is -1.20. The molecule has 6 heteroatoms. The number of hydrogen-bond donors (Lipinski definition) is 1. The molecule has 0 spiro atoms. The Kier molecular flexibility index (Phi) is 3.78. The van der Waals surface area contributed by atoms with Crippen LogP contribution in [0.5, 0.6) is 0 Å². The summed E-state index contributed by atoms with van der Waals surface area (Å²) in [5.41, 5.74) is -0.519. The zero-order chi connectivity index (χ0) is 14.2.